The molecule has 0 amide bonds. The van der Waals surface area contributed by atoms with Gasteiger partial charge in [-0.15, -0.1) is 0 Å². The van der Waals surface area contributed by atoms with Crippen LogP contribution in [0.5, 0.6) is 0 Å². The number of esters is 1. The molecule has 0 unspecified atom stereocenters. The fourth-order valence-corrected chi connectivity index (χ4v) is 1.39. The molecule has 0 aromatic heterocycles. The lowest BCUT2D eigenvalue weighted by molar-refractivity contribution is -0.865. The van der Waals surface area contributed by atoms with Crippen molar-refractivity contribution in [3.8, 4) is 0 Å². The van der Waals surface area contributed by atoms with Crippen LogP contribution in [-0.4, -0.2) is 38.3 Å². The zero-order chi connectivity index (χ0) is 14.9. The van der Waals surface area contributed by atoms with Crippen molar-refractivity contribution in [3.05, 3.63) is 27.5 Å². The predicted molar refractivity (Wildman–Crippen MR) is 67.6 cm³/mol. The molecular weight excluding hydrogens is 240 g/mol. The summed E-state index contributed by atoms with van der Waals surface area (Å²) in [5.41, 5.74) is 0.474. The van der Waals surface area contributed by atoms with Gasteiger partial charge in [0.1, 0.15) is 6.61 Å². The average Bonchev–Trinajstić information content (AvgIpc) is 2.10. The third-order valence-electron chi connectivity index (χ3n) is 1.77. The van der Waals surface area contributed by atoms with Crippen molar-refractivity contribution in [2.24, 2.45) is 5.41 Å². The minimum atomic E-state index is -1.75. The number of nitrogens with one attached hydrogen (secondary N) is 1. The Hall–Kier alpha value is -1.63. The topological polar surface area (TPSA) is 96.9 Å². The second kappa shape index (κ2) is 8.46. The van der Waals surface area contributed by atoms with Gasteiger partial charge in [0.05, 0.1) is 25.7 Å². The first-order valence-electron chi connectivity index (χ1n) is 5.41. The van der Waals surface area contributed by atoms with Gasteiger partial charge in [-0.1, -0.05) is 20.4 Å². The standard InChI is InChI=1S/C11H21NO2.NO3/c1-9(2)10(13)14-8-11(3,4)7-12(5)6;2-1(3)4/h1,7-8H2,2-6H3;/q;-1/p+1. The number of hydrogen-bond donors (Lipinski definition) is 1. The molecule has 1 N–H and O–H groups in total. The lowest BCUT2D eigenvalue weighted by Gasteiger charge is -2.25. The van der Waals surface area contributed by atoms with E-state index in [1.165, 1.54) is 4.90 Å². The van der Waals surface area contributed by atoms with Gasteiger partial charge in [-0.05, 0) is 6.92 Å². The summed E-state index contributed by atoms with van der Waals surface area (Å²) in [6.07, 6.45) is 0. The van der Waals surface area contributed by atoms with Crippen molar-refractivity contribution in [2.75, 3.05) is 27.2 Å². The zero-order valence-corrected chi connectivity index (χ0v) is 11.6. The molecule has 0 aliphatic carbocycles. The third kappa shape index (κ3) is 14.4. The number of carbonyl (C=O) groups is 1. The highest BCUT2D eigenvalue weighted by molar-refractivity contribution is 5.86. The number of ether oxygens (including phenoxy) is 1. The van der Waals surface area contributed by atoms with E-state index in [0.29, 0.717) is 12.2 Å². The minimum Gasteiger partial charge on any atom is -0.462 e. The molecule has 0 saturated heterocycles. The quantitative estimate of drug-likeness (QED) is 0.326. The molecule has 0 atom stereocenters. The Bertz CT molecular complexity index is 296. The van der Waals surface area contributed by atoms with Crippen LogP contribution in [0.4, 0.5) is 0 Å². The van der Waals surface area contributed by atoms with Crippen LogP contribution in [0.25, 0.3) is 0 Å². The monoisotopic (exact) mass is 262 g/mol. The van der Waals surface area contributed by atoms with E-state index in [9.17, 15) is 4.79 Å². The molecule has 7 nitrogen and oxygen atoms in total. The van der Waals surface area contributed by atoms with Crippen LogP contribution in [-0.2, 0) is 9.53 Å². The highest BCUT2D eigenvalue weighted by atomic mass is 16.9. The van der Waals surface area contributed by atoms with E-state index in [1.54, 1.807) is 6.92 Å². The third-order valence-corrected chi connectivity index (χ3v) is 1.77. The lowest BCUT2D eigenvalue weighted by Crippen LogP contribution is -3.07. The molecule has 0 aliphatic rings. The summed E-state index contributed by atoms with van der Waals surface area (Å²) in [5, 5.41) is 14.8. The maximum absolute atomic E-state index is 11.1. The van der Waals surface area contributed by atoms with Gasteiger partial charge in [-0.2, -0.15) is 0 Å². The summed E-state index contributed by atoms with van der Waals surface area (Å²) in [6, 6.07) is 0. The van der Waals surface area contributed by atoms with E-state index >= 15 is 0 Å². The van der Waals surface area contributed by atoms with Crippen molar-refractivity contribution < 1.29 is 19.5 Å². The van der Waals surface area contributed by atoms with Crippen LogP contribution in [0.3, 0.4) is 0 Å². The average molecular weight is 262 g/mol. The van der Waals surface area contributed by atoms with Crippen molar-refractivity contribution in [2.45, 2.75) is 20.8 Å². The van der Waals surface area contributed by atoms with Crippen molar-refractivity contribution in [1.82, 2.24) is 0 Å². The molecule has 18 heavy (non-hydrogen) atoms. The Kier molecular flexibility index (Phi) is 8.80. The maximum atomic E-state index is 11.1. The first-order valence-corrected chi connectivity index (χ1v) is 5.41. The molecule has 0 radical (unpaired) electrons. The summed E-state index contributed by atoms with van der Waals surface area (Å²) < 4.78 is 5.12. The fraction of sp³-hybridized carbons (Fsp3) is 0.727. The smallest absolute Gasteiger partial charge is 0.333 e. The summed E-state index contributed by atoms with van der Waals surface area (Å²) in [4.78, 5) is 20.7. The highest BCUT2D eigenvalue weighted by Crippen LogP contribution is 2.13. The van der Waals surface area contributed by atoms with E-state index in [4.69, 9.17) is 20.1 Å². The van der Waals surface area contributed by atoms with Gasteiger partial charge in [0.2, 0.25) is 0 Å². The number of carbonyl (C=O) groups excluding carboxylic acids is 1. The molecule has 0 aromatic carbocycles. The number of quaternary nitrogens is 1. The molecule has 0 fully saturated rings. The predicted octanol–water partition coefficient (Wildman–Crippen LogP) is 0.0373. The molecule has 0 rings (SSSR count). The van der Waals surface area contributed by atoms with Gasteiger partial charge in [0.25, 0.3) is 0 Å². The van der Waals surface area contributed by atoms with Crippen LogP contribution in [0, 0.1) is 20.7 Å². The number of hydrogen-bond acceptors (Lipinski definition) is 5. The Labute approximate surface area is 107 Å². The van der Waals surface area contributed by atoms with Crippen LogP contribution in [0.15, 0.2) is 12.2 Å². The van der Waals surface area contributed by atoms with Crippen LogP contribution in [0.2, 0.25) is 0 Å². The van der Waals surface area contributed by atoms with E-state index in [2.05, 4.69) is 34.5 Å². The normalized spacial score (nSPS) is 10.3. The molecule has 0 saturated carbocycles. The number of nitrogens with zero attached hydrogens (tertiary/aromatic N) is 1. The Morgan fingerprint density at radius 3 is 2.06 bits per heavy atom. The van der Waals surface area contributed by atoms with E-state index in [0.717, 1.165) is 6.54 Å². The largest absolute Gasteiger partial charge is 0.462 e. The first kappa shape index (κ1) is 18.7. The number of rotatable bonds is 5. The summed E-state index contributed by atoms with van der Waals surface area (Å²) in [7, 11) is 4.17. The molecule has 0 aromatic rings. The maximum Gasteiger partial charge on any atom is 0.333 e. The van der Waals surface area contributed by atoms with Crippen molar-refractivity contribution in [3.63, 3.8) is 0 Å². The summed E-state index contributed by atoms with van der Waals surface area (Å²) in [6.45, 7) is 10.8. The van der Waals surface area contributed by atoms with Gasteiger partial charge in [0, 0.05) is 11.0 Å². The minimum absolute atomic E-state index is 0.0178. The second-order valence-electron chi connectivity index (χ2n) is 5.13. The van der Waals surface area contributed by atoms with Gasteiger partial charge in [0.15, 0.2) is 0 Å². The fourth-order valence-electron chi connectivity index (χ4n) is 1.39. The van der Waals surface area contributed by atoms with Gasteiger partial charge in [-0.25, -0.2) is 4.79 Å². The lowest BCUT2D eigenvalue weighted by atomic mass is 9.94. The summed E-state index contributed by atoms with van der Waals surface area (Å²) in [5.74, 6) is -0.299. The molecule has 0 heterocycles. The van der Waals surface area contributed by atoms with Gasteiger partial charge < -0.3 is 25.0 Å². The molecule has 0 aliphatic heterocycles. The molecule has 0 bridgehead atoms. The van der Waals surface area contributed by atoms with E-state index in [-0.39, 0.29) is 11.4 Å². The van der Waals surface area contributed by atoms with Crippen LogP contribution < -0.4 is 4.90 Å². The Morgan fingerprint density at radius 1 is 1.39 bits per heavy atom. The van der Waals surface area contributed by atoms with E-state index in [1.807, 2.05) is 0 Å². The second-order valence-corrected chi connectivity index (χ2v) is 5.13. The molecule has 0 spiro atoms. The van der Waals surface area contributed by atoms with Crippen molar-refractivity contribution >= 4 is 5.97 Å². The molecule has 7 heteroatoms. The summed E-state index contributed by atoms with van der Waals surface area (Å²) >= 11 is 0. The molecule has 106 valence electrons. The van der Waals surface area contributed by atoms with Gasteiger partial charge >= 0.3 is 5.97 Å². The zero-order valence-electron chi connectivity index (χ0n) is 11.6. The van der Waals surface area contributed by atoms with Crippen molar-refractivity contribution in [1.29, 1.82) is 0 Å². The SMILES string of the molecule is C=C(C)C(=O)OCC(C)(C)C[NH+](C)C.O=[N+]([O-])[O-]. The van der Waals surface area contributed by atoms with Crippen LogP contribution in [0.1, 0.15) is 20.8 Å². The Morgan fingerprint density at radius 2 is 1.78 bits per heavy atom. The van der Waals surface area contributed by atoms with E-state index < -0.39 is 5.09 Å². The van der Waals surface area contributed by atoms with Gasteiger partial charge in [-0.3, -0.25) is 0 Å². The van der Waals surface area contributed by atoms with Crippen LogP contribution >= 0.6 is 0 Å². The first-order chi connectivity index (χ1) is 7.98. The molecular formula is C11H22N2O5. The highest BCUT2D eigenvalue weighted by Gasteiger charge is 2.23. The Balaban J connectivity index is 0.